The maximum absolute atomic E-state index is 12.4. The summed E-state index contributed by atoms with van der Waals surface area (Å²) in [5.41, 5.74) is 2.81. The van der Waals surface area contributed by atoms with Gasteiger partial charge in [-0.15, -0.1) is 0 Å². The summed E-state index contributed by atoms with van der Waals surface area (Å²) in [5.74, 6) is 1.37. The van der Waals surface area contributed by atoms with Crippen LogP contribution < -0.4 is 15.0 Å². The Labute approximate surface area is 165 Å². The van der Waals surface area contributed by atoms with Crippen LogP contribution in [0, 0.1) is 4.77 Å². The second kappa shape index (κ2) is 7.24. The molecule has 2 N–H and O–H groups in total. The lowest BCUT2D eigenvalue weighted by Crippen LogP contribution is -2.12. The van der Waals surface area contributed by atoms with Crippen molar-refractivity contribution in [3.05, 3.63) is 63.7 Å². The first-order chi connectivity index (χ1) is 13.6. The highest BCUT2D eigenvalue weighted by Crippen LogP contribution is 2.33. The zero-order valence-electron chi connectivity index (χ0n) is 15.1. The fourth-order valence-corrected chi connectivity index (χ4v) is 3.11. The summed E-state index contributed by atoms with van der Waals surface area (Å²) >= 11 is 5.07. The van der Waals surface area contributed by atoms with E-state index in [-0.39, 0.29) is 10.3 Å². The molecule has 4 rings (SSSR count). The quantitative estimate of drug-likeness (QED) is 0.514. The van der Waals surface area contributed by atoms with Crippen molar-refractivity contribution in [1.82, 2.24) is 19.9 Å². The number of nitrogens with zero attached hydrogens (tertiary/aromatic N) is 2. The van der Waals surface area contributed by atoms with Crippen LogP contribution >= 0.6 is 12.2 Å². The molecule has 0 aliphatic rings. The highest BCUT2D eigenvalue weighted by molar-refractivity contribution is 7.71. The molecular weight excluding hydrogens is 376 g/mol. The number of H-pyrrole nitrogens is 2. The Morgan fingerprint density at radius 2 is 1.43 bits per heavy atom. The molecule has 2 heterocycles. The predicted molar refractivity (Wildman–Crippen MR) is 109 cm³/mol. The highest BCUT2D eigenvalue weighted by atomic mass is 32.1. The monoisotopic (exact) mass is 392 g/mol. The van der Waals surface area contributed by atoms with Gasteiger partial charge in [-0.3, -0.25) is 9.78 Å². The largest absolute Gasteiger partial charge is 0.497 e. The lowest BCUT2D eigenvalue weighted by atomic mass is 10.0. The third-order valence-electron chi connectivity index (χ3n) is 4.26. The van der Waals surface area contributed by atoms with Gasteiger partial charge in [0.15, 0.2) is 15.9 Å². The number of aromatic nitrogens is 4. The van der Waals surface area contributed by atoms with Crippen molar-refractivity contribution >= 4 is 23.4 Å². The summed E-state index contributed by atoms with van der Waals surface area (Å²) < 4.78 is 10.9. The summed E-state index contributed by atoms with van der Waals surface area (Å²) in [6.45, 7) is 0. The fraction of sp³-hybridized carbons (Fsp3) is 0.100. The van der Waals surface area contributed by atoms with Crippen molar-refractivity contribution in [3.8, 4) is 34.0 Å². The average molecular weight is 392 g/mol. The molecule has 7 nitrogen and oxygen atoms in total. The SMILES string of the molecule is COc1cccc(-c2nc3[nH]c(=S)[nH]c(=O)c3nc2-c2cccc(OC)c2)c1. The Morgan fingerprint density at radius 3 is 2.00 bits per heavy atom. The molecular formula is C20H16N4O3S. The molecule has 0 saturated carbocycles. The molecule has 0 spiro atoms. The standard InChI is InChI=1S/C20H16N4O3S/c1-26-13-7-3-5-11(9-13)15-16(12-6-4-8-14(10-12)27-2)22-18-17(21-15)19(25)24-20(28)23-18/h3-10H,1-2H3,(H2,22,23,24,25,28). The molecule has 4 aromatic rings. The van der Waals surface area contributed by atoms with Crippen LogP contribution in [-0.2, 0) is 0 Å². The topological polar surface area (TPSA) is 92.9 Å². The van der Waals surface area contributed by atoms with Crippen LogP contribution in [0.4, 0.5) is 0 Å². The number of methoxy groups -OCH3 is 2. The van der Waals surface area contributed by atoms with Gasteiger partial charge in [0.1, 0.15) is 11.5 Å². The van der Waals surface area contributed by atoms with Gasteiger partial charge < -0.3 is 14.5 Å². The first kappa shape index (κ1) is 17.9. The van der Waals surface area contributed by atoms with Gasteiger partial charge in [-0.25, -0.2) is 9.97 Å². The number of ether oxygens (including phenoxy) is 2. The molecule has 0 atom stereocenters. The van der Waals surface area contributed by atoms with E-state index >= 15 is 0 Å². The smallest absolute Gasteiger partial charge is 0.279 e. The second-order valence-corrected chi connectivity index (χ2v) is 6.40. The lowest BCUT2D eigenvalue weighted by molar-refractivity contribution is 0.415. The molecule has 0 unspecified atom stereocenters. The van der Waals surface area contributed by atoms with Gasteiger partial charge in [-0.1, -0.05) is 24.3 Å². The molecule has 2 aromatic carbocycles. The number of nitrogens with one attached hydrogen (secondary N) is 2. The van der Waals surface area contributed by atoms with Crippen LogP contribution in [-0.4, -0.2) is 34.2 Å². The number of hydrogen-bond donors (Lipinski definition) is 2. The average Bonchev–Trinajstić information content (AvgIpc) is 2.73. The van der Waals surface area contributed by atoms with Crippen molar-refractivity contribution in [2.45, 2.75) is 0 Å². The third-order valence-corrected chi connectivity index (χ3v) is 4.46. The van der Waals surface area contributed by atoms with E-state index in [2.05, 4.69) is 19.9 Å². The summed E-state index contributed by atoms with van der Waals surface area (Å²) in [6.07, 6.45) is 0. The number of hydrogen-bond acceptors (Lipinski definition) is 6. The molecule has 8 heteroatoms. The Morgan fingerprint density at radius 1 is 0.857 bits per heavy atom. The minimum atomic E-state index is -0.396. The normalized spacial score (nSPS) is 10.8. The van der Waals surface area contributed by atoms with Crippen molar-refractivity contribution in [3.63, 3.8) is 0 Å². The van der Waals surface area contributed by atoms with Gasteiger partial charge in [0.2, 0.25) is 0 Å². The number of rotatable bonds is 4. The maximum atomic E-state index is 12.4. The number of benzene rings is 2. The Bertz CT molecular complexity index is 1300. The third kappa shape index (κ3) is 3.25. The molecule has 0 aliphatic heterocycles. The van der Waals surface area contributed by atoms with E-state index in [4.69, 9.17) is 21.7 Å². The molecule has 140 valence electrons. The van der Waals surface area contributed by atoms with Crippen LogP contribution in [0.5, 0.6) is 11.5 Å². The second-order valence-electron chi connectivity index (χ2n) is 5.99. The Balaban J connectivity index is 2.07. The molecule has 0 radical (unpaired) electrons. The fourth-order valence-electron chi connectivity index (χ4n) is 2.93. The molecule has 0 fully saturated rings. The summed E-state index contributed by atoms with van der Waals surface area (Å²) in [6, 6.07) is 14.9. The lowest BCUT2D eigenvalue weighted by Gasteiger charge is -2.12. The van der Waals surface area contributed by atoms with Crippen LogP contribution in [0.3, 0.4) is 0 Å². The predicted octanol–water partition coefficient (Wildman–Crippen LogP) is 3.73. The number of fused-ring (bicyclic) bond motifs is 1. The molecule has 0 bridgehead atoms. The van der Waals surface area contributed by atoms with E-state index in [9.17, 15) is 4.79 Å². The summed E-state index contributed by atoms with van der Waals surface area (Å²) in [4.78, 5) is 27.1. The van der Waals surface area contributed by atoms with Gasteiger partial charge in [0.05, 0.1) is 25.6 Å². The minimum absolute atomic E-state index is 0.179. The van der Waals surface area contributed by atoms with Gasteiger partial charge in [-0.2, -0.15) is 0 Å². The molecule has 0 aliphatic carbocycles. The van der Waals surface area contributed by atoms with Crippen LogP contribution in [0.2, 0.25) is 0 Å². The van der Waals surface area contributed by atoms with Crippen LogP contribution in [0.15, 0.2) is 53.3 Å². The highest BCUT2D eigenvalue weighted by Gasteiger charge is 2.16. The van der Waals surface area contributed by atoms with Crippen molar-refractivity contribution in [1.29, 1.82) is 0 Å². The summed E-state index contributed by atoms with van der Waals surface area (Å²) in [5, 5.41) is 0. The van der Waals surface area contributed by atoms with E-state index in [0.29, 0.717) is 28.5 Å². The van der Waals surface area contributed by atoms with Crippen molar-refractivity contribution < 1.29 is 9.47 Å². The van der Waals surface area contributed by atoms with E-state index in [1.165, 1.54) is 0 Å². The zero-order valence-corrected chi connectivity index (χ0v) is 16.0. The number of aromatic amines is 2. The molecule has 0 amide bonds. The maximum Gasteiger partial charge on any atom is 0.279 e. The zero-order chi connectivity index (χ0) is 19.7. The van der Waals surface area contributed by atoms with Crippen LogP contribution in [0.25, 0.3) is 33.7 Å². The Kier molecular flexibility index (Phi) is 4.62. The van der Waals surface area contributed by atoms with Gasteiger partial charge in [0, 0.05) is 11.1 Å². The van der Waals surface area contributed by atoms with E-state index in [1.807, 2.05) is 48.5 Å². The van der Waals surface area contributed by atoms with Crippen molar-refractivity contribution in [2.75, 3.05) is 14.2 Å². The van der Waals surface area contributed by atoms with Gasteiger partial charge in [0.25, 0.3) is 5.56 Å². The first-order valence-corrected chi connectivity index (χ1v) is 8.83. The van der Waals surface area contributed by atoms with E-state index < -0.39 is 5.56 Å². The van der Waals surface area contributed by atoms with E-state index in [1.54, 1.807) is 14.2 Å². The van der Waals surface area contributed by atoms with Crippen LogP contribution in [0.1, 0.15) is 0 Å². The molecule has 0 saturated heterocycles. The van der Waals surface area contributed by atoms with Gasteiger partial charge in [-0.05, 0) is 36.5 Å². The molecule has 2 aromatic heterocycles. The van der Waals surface area contributed by atoms with Gasteiger partial charge >= 0.3 is 0 Å². The van der Waals surface area contributed by atoms with Crippen molar-refractivity contribution in [2.24, 2.45) is 0 Å². The summed E-state index contributed by atoms with van der Waals surface area (Å²) in [7, 11) is 3.20. The molecule has 28 heavy (non-hydrogen) atoms. The minimum Gasteiger partial charge on any atom is -0.497 e. The first-order valence-electron chi connectivity index (χ1n) is 8.42. The van der Waals surface area contributed by atoms with E-state index in [0.717, 1.165) is 11.1 Å². The Hall–Kier alpha value is -3.52.